The quantitative estimate of drug-likeness (QED) is 0.282. The number of benzene rings is 1. The molecular weight excluding hydrogens is 366 g/mol. The van der Waals surface area contributed by atoms with Crippen molar-refractivity contribution in [2.45, 2.75) is 20.8 Å². The molecule has 0 aliphatic heterocycles. The molecule has 0 bridgehead atoms. The molecule has 1 aromatic carbocycles. The summed E-state index contributed by atoms with van der Waals surface area (Å²) in [6, 6.07) is 8.53. The molecule has 0 aliphatic rings. The number of rotatable bonds is 9. The summed E-state index contributed by atoms with van der Waals surface area (Å²) in [5, 5.41) is 14.5. The van der Waals surface area contributed by atoms with Crippen LogP contribution in [0.3, 0.4) is 0 Å². The number of anilines is 2. The van der Waals surface area contributed by atoms with Gasteiger partial charge in [-0.25, -0.2) is 4.79 Å². The molecule has 10 nitrogen and oxygen atoms in total. The summed E-state index contributed by atoms with van der Waals surface area (Å²) >= 11 is 0. The van der Waals surface area contributed by atoms with E-state index in [4.69, 9.17) is 5.26 Å². The van der Waals surface area contributed by atoms with Gasteiger partial charge in [0.25, 0.3) is 12.4 Å². The number of imide groups is 1. The van der Waals surface area contributed by atoms with E-state index < -0.39 is 17.7 Å². The third kappa shape index (κ3) is 9.19. The summed E-state index contributed by atoms with van der Waals surface area (Å²) in [5.74, 6) is -0.968. The Morgan fingerprint density at radius 3 is 2.46 bits per heavy atom. The first-order valence-corrected chi connectivity index (χ1v) is 8.60. The topological polar surface area (TPSA) is 133 Å². The van der Waals surface area contributed by atoms with Gasteiger partial charge in [0, 0.05) is 12.7 Å². The third-order valence-electron chi connectivity index (χ3n) is 3.03. The molecule has 0 atom stereocenters. The van der Waals surface area contributed by atoms with Gasteiger partial charge < -0.3 is 14.4 Å². The average molecular weight is 391 g/mol. The zero-order valence-electron chi connectivity index (χ0n) is 16.4. The van der Waals surface area contributed by atoms with E-state index in [1.807, 2.05) is 31.1 Å². The molecule has 2 N–H and O–H groups in total. The van der Waals surface area contributed by atoms with Crippen molar-refractivity contribution < 1.29 is 23.9 Å². The van der Waals surface area contributed by atoms with E-state index in [-0.39, 0.29) is 13.2 Å². The standard InChI is InChI=1S/C16H19N5O5.C2H6/c1-3-26-16(24)18-15(23)14(10-17)20-19-12-4-6-13(7-5-12)21(2)8-9-25-11-22;1-2/h4-7,11,19H,3,8-9H2,1-2H3,(H,18,23,24);1-2H3/b20-14-;. The van der Waals surface area contributed by atoms with E-state index in [0.29, 0.717) is 18.7 Å². The highest BCUT2D eigenvalue weighted by molar-refractivity contribution is 6.46. The first-order chi connectivity index (χ1) is 13.5. The average Bonchev–Trinajstić information content (AvgIpc) is 2.70. The second-order valence-corrected chi connectivity index (χ2v) is 4.79. The smallest absolute Gasteiger partial charge is 0.414 e. The maximum absolute atomic E-state index is 11.7. The molecule has 0 radical (unpaired) electrons. The number of amides is 2. The Kier molecular flexibility index (Phi) is 12.7. The Balaban J connectivity index is 0.00000352. The van der Waals surface area contributed by atoms with E-state index >= 15 is 0 Å². The van der Waals surface area contributed by atoms with Gasteiger partial charge in [-0.1, -0.05) is 13.8 Å². The van der Waals surface area contributed by atoms with Gasteiger partial charge >= 0.3 is 6.09 Å². The van der Waals surface area contributed by atoms with Crippen molar-refractivity contribution in [2.24, 2.45) is 5.10 Å². The number of carbonyl (C=O) groups is 3. The van der Waals surface area contributed by atoms with Crippen LogP contribution in [-0.2, 0) is 19.1 Å². The van der Waals surface area contributed by atoms with E-state index in [1.54, 1.807) is 37.3 Å². The Labute approximate surface area is 164 Å². The van der Waals surface area contributed by atoms with E-state index in [9.17, 15) is 14.4 Å². The first-order valence-electron chi connectivity index (χ1n) is 8.60. The molecule has 0 unspecified atom stereocenters. The minimum Gasteiger partial charge on any atom is -0.466 e. The van der Waals surface area contributed by atoms with Crippen LogP contribution < -0.4 is 15.6 Å². The highest BCUT2D eigenvalue weighted by Gasteiger charge is 2.15. The number of likely N-dealkylation sites (N-methyl/N-ethyl adjacent to an activating group) is 1. The van der Waals surface area contributed by atoms with Crippen LogP contribution in [0.5, 0.6) is 0 Å². The highest BCUT2D eigenvalue weighted by Crippen LogP contribution is 2.16. The number of ether oxygens (including phenoxy) is 2. The van der Waals surface area contributed by atoms with Crippen molar-refractivity contribution in [2.75, 3.05) is 37.1 Å². The van der Waals surface area contributed by atoms with Crippen LogP contribution in [0.1, 0.15) is 20.8 Å². The predicted molar refractivity (Wildman–Crippen MR) is 105 cm³/mol. The van der Waals surface area contributed by atoms with Crippen molar-refractivity contribution in [1.29, 1.82) is 5.26 Å². The summed E-state index contributed by atoms with van der Waals surface area (Å²) in [7, 11) is 1.84. The molecule has 0 saturated carbocycles. The maximum Gasteiger partial charge on any atom is 0.414 e. The largest absolute Gasteiger partial charge is 0.466 e. The van der Waals surface area contributed by atoms with E-state index in [1.165, 1.54) is 0 Å². The second-order valence-electron chi connectivity index (χ2n) is 4.79. The van der Waals surface area contributed by atoms with Gasteiger partial charge in [0.2, 0.25) is 5.71 Å². The monoisotopic (exact) mass is 391 g/mol. The lowest BCUT2D eigenvalue weighted by Crippen LogP contribution is -2.36. The van der Waals surface area contributed by atoms with Crippen LogP contribution in [0.4, 0.5) is 16.2 Å². The number of hydrazone groups is 1. The molecular formula is C18H25N5O5. The van der Waals surface area contributed by atoms with Crippen molar-refractivity contribution in [3.63, 3.8) is 0 Å². The zero-order valence-corrected chi connectivity index (χ0v) is 16.4. The molecule has 0 heterocycles. The number of nitrogens with one attached hydrogen (secondary N) is 2. The third-order valence-corrected chi connectivity index (χ3v) is 3.03. The molecule has 1 rings (SSSR count). The number of alkyl carbamates (subject to hydrolysis) is 1. The Bertz CT molecular complexity index is 697. The first kappa shape index (κ1) is 24.4. The Morgan fingerprint density at radius 2 is 1.93 bits per heavy atom. The molecule has 1 aromatic rings. The van der Waals surface area contributed by atoms with Crippen LogP contribution in [0.25, 0.3) is 0 Å². The fourth-order valence-corrected chi connectivity index (χ4v) is 1.72. The predicted octanol–water partition coefficient (Wildman–Crippen LogP) is 1.89. The molecule has 2 amide bonds. The van der Waals surface area contributed by atoms with Crippen molar-refractivity contribution in [1.82, 2.24) is 5.32 Å². The number of hydrogen-bond acceptors (Lipinski definition) is 9. The number of carbonyl (C=O) groups excluding carboxylic acids is 3. The van der Waals surface area contributed by atoms with Gasteiger partial charge in [-0.05, 0) is 31.2 Å². The molecule has 28 heavy (non-hydrogen) atoms. The van der Waals surface area contributed by atoms with Gasteiger partial charge in [0.05, 0.1) is 18.8 Å². The summed E-state index contributed by atoms with van der Waals surface area (Å²) < 4.78 is 9.19. The summed E-state index contributed by atoms with van der Waals surface area (Å²) in [4.78, 5) is 34.9. The molecule has 10 heteroatoms. The van der Waals surface area contributed by atoms with Gasteiger partial charge in [0.1, 0.15) is 12.7 Å². The molecule has 152 valence electrons. The van der Waals surface area contributed by atoms with Crippen LogP contribution in [-0.4, -0.2) is 51.0 Å². The van der Waals surface area contributed by atoms with Crippen LogP contribution in [0.15, 0.2) is 29.4 Å². The molecule has 0 spiro atoms. The van der Waals surface area contributed by atoms with Crippen LogP contribution in [0, 0.1) is 11.3 Å². The van der Waals surface area contributed by atoms with Crippen molar-refractivity contribution >= 4 is 35.6 Å². The van der Waals surface area contributed by atoms with Gasteiger partial charge in [-0.2, -0.15) is 10.4 Å². The normalized spacial score (nSPS) is 9.75. The SMILES string of the molecule is CC.CCOC(=O)NC(=O)/C(C#N)=N\Nc1ccc(N(C)CCOC=O)cc1. The van der Waals surface area contributed by atoms with E-state index in [2.05, 4.69) is 20.0 Å². The van der Waals surface area contributed by atoms with Crippen LogP contribution in [0.2, 0.25) is 0 Å². The number of hydrogen-bond donors (Lipinski definition) is 2. The molecule has 0 fully saturated rings. The number of nitrogens with zero attached hydrogens (tertiary/aromatic N) is 3. The lowest BCUT2D eigenvalue weighted by molar-refractivity contribution is -0.128. The van der Waals surface area contributed by atoms with Gasteiger partial charge in [0.15, 0.2) is 0 Å². The maximum atomic E-state index is 11.7. The molecule has 0 aromatic heterocycles. The number of nitriles is 1. The summed E-state index contributed by atoms with van der Waals surface area (Å²) in [5.41, 5.74) is 3.44. The lowest BCUT2D eigenvalue weighted by atomic mass is 10.2. The van der Waals surface area contributed by atoms with Crippen LogP contribution >= 0.6 is 0 Å². The molecule has 0 aliphatic carbocycles. The second kappa shape index (κ2) is 14.5. The minimum atomic E-state index is -0.968. The summed E-state index contributed by atoms with van der Waals surface area (Å²) in [6.45, 7) is 6.87. The van der Waals surface area contributed by atoms with Crippen molar-refractivity contribution in [3.8, 4) is 6.07 Å². The Hall–Kier alpha value is -3.61. The highest BCUT2D eigenvalue weighted by atomic mass is 16.5. The Morgan fingerprint density at radius 1 is 1.29 bits per heavy atom. The van der Waals surface area contributed by atoms with E-state index in [0.717, 1.165) is 5.69 Å². The molecule has 0 saturated heterocycles. The van der Waals surface area contributed by atoms with Gasteiger partial charge in [-0.3, -0.25) is 20.3 Å². The van der Waals surface area contributed by atoms with Gasteiger partial charge in [-0.15, -0.1) is 0 Å². The summed E-state index contributed by atoms with van der Waals surface area (Å²) in [6.07, 6.45) is -0.952. The van der Waals surface area contributed by atoms with Crippen molar-refractivity contribution in [3.05, 3.63) is 24.3 Å². The zero-order chi connectivity index (χ0) is 21.4. The fourth-order valence-electron chi connectivity index (χ4n) is 1.72. The fraction of sp³-hybridized carbons (Fsp3) is 0.389. The lowest BCUT2D eigenvalue weighted by Gasteiger charge is -2.18. The minimum absolute atomic E-state index is 0.0957.